The molecule has 0 saturated carbocycles. The van der Waals surface area contributed by atoms with Crippen LogP contribution in [0.4, 0.5) is 5.69 Å². The third-order valence-electron chi connectivity index (χ3n) is 2.20. The van der Waals surface area contributed by atoms with Gasteiger partial charge in [-0.2, -0.15) is 12.6 Å². The van der Waals surface area contributed by atoms with E-state index in [2.05, 4.69) is 17.9 Å². The van der Waals surface area contributed by atoms with Crippen molar-refractivity contribution in [2.24, 2.45) is 0 Å². The van der Waals surface area contributed by atoms with Gasteiger partial charge in [-0.3, -0.25) is 4.79 Å². The van der Waals surface area contributed by atoms with Crippen molar-refractivity contribution >= 4 is 24.2 Å². The number of hydrogen-bond donors (Lipinski definition) is 2. The number of thiol groups is 1. The van der Waals surface area contributed by atoms with Crippen LogP contribution in [0.3, 0.4) is 0 Å². The van der Waals surface area contributed by atoms with Crippen LogP contribution in [0, 0.1) is 6.92 Å². The molecule has 0 atom stereocenters. The molecule has 0 unspecified atom stereocenters. The van der Waals surface area contributed by atoms with E-state index in [0.717, 1.165) is 11.3 Å². The van der Waals surface area contributed by atoms with Gasteiger partial charge in [-0.15, -0.1) is 0 Å². The van der Waals surface area contributed by atoms with Crippen molar-refractivity contribution in [3.05, 3.63) is 17.7 Å². The number of rotatable bonds is 4. The lowest BCUT2D eigenvalue weighted by Gasteiger charge is -2.14. The Hall–Kier alpha value is -1.36. The summed E-state index contributed by atoms with van der Waals surface area (Å²) in [6.45, 7) is 1.87. The topological polar surface area (TPSA) is 47.6 Å². The number of benzene rings is 1. The van der Waals surface area contributed by atoms with Crippen LogP contribution in [0.25, 0.3) is 0 Å². The van der Waals surface area contributed by atoms with Crippen molar-refractivity contribution in [3.8, 4) is 11.5 Å². The number of nitrogens with one attached hydrogen (secondary N) is 1. The van der Waals surface area contributed by atoms with Crippen LogP contribution in [0.2, 0.25) is 0 Å². The van der Waals surface area contributed by atoms with Gasteiger partial charge in [0.1, 0.15) is 11.5 Å². The van der Waals surface area contributed by atoms with E-state index in [4.69, 9.17) is 9.47 Å². The summed E-state index contributed by atoms with van der Waals surface area (Å²) in [5.41, 5.74) is 1.47. The molecule has 1 amide bonds. The molecule has 4 nitrogen and oxygen atoms in total. The van der Waals surface area contributed by atoms with Crippen LogP contribution < -0.4 is 14.8 Å². The van der Waals surface area contributed by atoms with Gasteiger partial charge in [-0.05, 0) is 19.1 Å². The Kier molecular flexibility index (Phi) is 4.49. The normalized spacial score (nSPS) is 9.75. The monoisotopic (exact) mass is 241 g/mol. The molecule has 5 heteroatoms. The van der Waals surface area contributed by atoms with Gasteiger partial charge in [0.15, 0.2) is 0 Å². The standard InChI is InChI=1S/C11H15NO3S/c1-7-9(14-2)5-4-8(11(7)15-3)12-10(13)6-16/h4-5,16H,6H2,1-3H3,(H,12,13). The maximum Gasteiger partial charge on any atom is 0.234 e. The molecule has 16 heavy (non-hydrogen) atoms. The largest absolute Gasteiger partial charge is 0.496 e. The molecule has 0 radical (unpaired) electrons. The van der Waals surface area contributed by atoms with Gasteiger partial charge in [0.25, 0.3) is 0 Å². The highest BCUT2D eigenvalue weighted by molar-refractivity contribution is 7.81. The lowest BCUT2D eigenvalue weighted by Crippen LogP contribution is -2.13. The highest BCUT2D eigenvalue weighted by atomic mass is 32.1. The van der Waals surface area contributed by atoms with Gasteiger partial charge in [0.2, 0.25) is 5.91 Å². The highest BCUT2D eigenvalue weighted by Crippen LogP contribution is 2.34. The maximum atomic E-state index is 11.2. The van der Waals surface area contributed by atoms with E-state index in [1.807, 2.05) is 6.92 Å². The molecule has 0 saturated heterocycles. The van der Waals surface area contributed by atoms with Crippen molar-refractivity contribution < 1.29 is 14.3 Å². The second-order valence-corrected chi connectivity index (χ2v) is 3.50. The van der Waals surface area contributed by atoms with Crippen molar-refractivity contribution in [3.63, 3.8) is 0 Å². The van der Waals surface area contributed by atoms with E-state index in [1.54, 1.807) is 26.4 Å². The number of amides is 1. The number of carbonyl (C=O) groups is 1. The summed E-state index contributed by atoms with van der Waals surface area (Å²) in [6, 6.07) is 3.53. The van der Waals surface area contributed by atoms with Gasteiger partial charge >= 0.3 is 0 Å². The molecule has 0 bridgehead atoms. The first-order chi connectivity index (χ1) is 7.63. The number of ether oxygens (including phenoxy) is 2. The Bertz CT molecular complexity index is 393. The van der Waals surface area contributed by atoms with Crippen LogP contribution in [0.15, 0.2) is 12.1 Å². The van der Waals surface area contributed by atoms with E-state index >= 15 is 0 Å². The molecule has 1 aromatic carbocycles. The highest BCUT2D eigenvalue weighted by Gasteiger charge is 2.12. The van der Waals surface area contributed by atoms with E-state index in [0.29, 0.717) is 11.4 Å². The zero-order chi connectivity index (χ0) is 12.1. The molecule has 0 aliphatic carbocycles. The number of methoxy groups -OCH3 is 2. The van der Waals surface area contributed by atoms with Crippen molar-refractivity contribution in [2.75, 3.05) is 25.3 Å². The molecule has 88 valence electrons. The van der Waals surface area contributed by atoms with Crippen LogP contribution >= 0.6 is 12.6 Å². The molecule has 0 aliphatic rings. The van der Waals surface area contributed by atoms with E-state index in [-0.39, 0.29) is 11.7 Å². The van der Waals surface area contributed by atoms with E-state index in [1.165, 1.54) is 0 Å². The Morgan fingerprint density at radius 3 is 2.56 bits per heavy atom. The summed E-state index contributed by atoms with van der Waals surface area (Å²) in [5, 5.41) is 2.71. The Labute approximate surface area is 100 Å². The Morgan fingerprint density at radius 2 is 2.06 bits per heavy atom. The van der Waals surface area contributed by atoms with Crippen molar-refractivity contribution in [1.29, 1.82) is 0 Å². The summed E-state index contributed by atoms with van der Waals surface area (Å²) in [4.78, 5) is 11.2. The predicted octanol–water partition coefficient (Wildman–Crippen LogP) is 1.88. The fraction of sp³-hybridized carbons (Fsp3) is 0.364. The first-order valence-electron chi connectivity index (χ1n) is 4.76. The molecule has 0 aromatic heterocycles. The lowest BCUT2D eigenvalue weighted by molar-refractivity contribution is -0.113. The smallest absolute Gasteiger partial charge is 0.234 e. The summed E-state index contributed by atoms with van der Waals surface area (Å²) in [6.07, 6.45) is 0. The van der Waals surface area contributed by atoms with Gasteiger partial charge < -0.3 is 14.8 Å². The maximum absolute atomic E-state index is 11.2. The minimum absolute atomic E-state index is 0.133. The molecule has 0 spiro atoms. The summed E-state index contributed by atoms with van der Waals surface area (Å²) >= 11 is 3.90. The lowest BCUT2D eigenvalue weighted by atomic mass is 10.1. The molecular weight excluding hydrogens is 226 g/mol. The van der Waals surface area contributed by atoms with Crippen molar-refractivity contribution in [2.45, 2.75) is 6.92 Å². The van der Waals surface area contributed by atoms with Crippen LogP contribution in [0.5, 0.6) is 11.5 Å². The fourth-order valence-corrected chi connectivity index (χ4v) is 1.53. The number of hydrogen-bond acceptors (Lipinski definition) is 4. The minimum Gasteiger partial charge on any atom is -0.496 e. The minimum atomic E-state index is -0.175. The van der Waals surface area contributed by atoms with Crippen LogP contribution in [-0.2, 0) is 4.79 Å². The quantitative estimate of drug-likeness (QED) is 0.791. The van der Waals surface area contributed by atoms with Gasteiger partial charge in [-0.25, -0.2) is 0 Å². The van der Waals surface area contributed by atoms with Crippen LogP contribution in [-0.4, -0.2) is 25.9 Å². The fourth-order valence-electron chi connectivity index (χ4n) is 1.45. The molecular formula is C11H15NO3S. The molecule has 1 aromatic rings. The molecule has 1 N–H and O–H groups in total. The van der Waals surface area contributed by atoms with Crippen molar-refractivity contribution in [1.82, 2.24) is 0 Å². The number of anilines is 1. The predicted molar refractivity (Wildman–Crippen MR) is 66.8 cm³/mol. The molecule has 1 rings (SSSR count). The van der Waals surface area contributed by atoms with Crippen LogP contribution in [0.1, 0.15) is 5.56 Å². The third kappa shape index (κ3) is 2.61. The summed E-state index contributed by atoms with van der Waals surface area (Å²) < 4.78 is 10.4. The first-order valence-corrected chi connectivity index (χ1v) is 5.39. The first kappa shape index (κ1) is 12.7. The van der Waals surface area contributed by atoms with Gasteiger partial charge in [0.05, 0.1) is 25.7 Å². The molecule has 0 aliphatic heterocycles. The summed E-state index contributed by atoms with van der Waals surface area (Å²) in [7, 11) is 3.14. The Morgan fingerprint density at radius 1 is 1.38 bits per heavy atom. The number of carbonyl (C=O) groups excluding carboxylic acids is 1. The zero-order valence-corrected chi connectivity index (χ0v) is 10.4. The second-order valence-electron chi connectivity index (χ2n) is 3.18. The second kappa shape index (κ2) is 5.65. The molecule has 0 heterocycles. The van der Waals surface area contributed by atoms with E-state index in [9.17, 15) is 4.79 Å². The van der Waals surface area contributed by atoms with Gasteiger partial charge in [0, 0.05) is 5.56 Å². The average molecular weight is 241 g/mol. The third-order valence-corrected chi connectivity index (χ3v) is 2.49. The Balaban J connectivity index is 3.10. The average Bonchev–Trinajstić information content (AvgIpc) is 2.29. The SMILES string of the molecule is COc1ccc(NC(=O)CS)c(OC)c1C. The molecule has 0 fully saturated rings. The van der Waals surface area contributed by atoms with E-state index < -0.39 is 0 Å². The summed E-state index contributed by atoms with van der Waals surface area (Å²) in [5.74, 6) is 1.29. The zero-order valence-electron chi connectivity index (χ0n) is 9.53. The van der Waals surface area contributed by atoms with Gasteiger partial charge in [-0.1, -0.05) is 0 Å².